The number of Topliss-reactive ketones (excluding diaryl/α,β-unsaturated/α-hetero) is 1. The fraction of sp³-hybridized carbons (Fsp3) is 0.481. The van der Waals surface area contributed by atoms with Crippen molar-refractivity contribution in [3.05, 3.63) is 62.3 Å². The zero-order chi connectivity index (χ0) is 26.7. The van der Waals surface area contributed by atoms with Crippen LogP contribution < -0.4 is 26.4 Å². The molecule has 0 atom stereocenters. The van der Waals surface area contributed by atoms with Crippen LogP contribution >= 0.6 is 0 Å². The van der Waals surface area contributed by atoms with Crippen LogP contribution in [-0.4, -0.2) is 63.7 Å². The smallest absolute Gasteiger partial charge is 0.332 e. The second-order valence-corrected chi connectivity index (χ2v) is 9.59. The number of allylic oxidation sites excluding steroid dienone is 2. The molecule has 0 amide bonds. The average molecular weight is 508 g/mol. The number of fused-ring (bicyclic) bond motifs is 1. The number of carbonyl (C=O) groups excluding carboxylic acids is 1. The van der Waals surface area contributed by atoms with Gasteiger partial charge in [0.2, 0.25) is 5.95 Å². The molecule has 198 valence electrons. The number of aryl methyl sites for hydroxylation is 1. The first kappa shape index (κ1) is 26.4. The second-order valence-electron chi connectivity index (χ2n) is 9.59. The van der Waals surface area contributed by atoms with Gasteiger partial charge < -0.3 is 19.7 Å². The molecular weight excluding hydrogens is 470 g/mol. The number of ketones is 1. The van der Waals surface area contributed by atoms with Gasteiger partial charge in [0.05, 0.1) is 6.54 Å². The lowest BCUT2D eigenvalue weighted by atomic mass is 10.1. The van der Waals surface area contributed by atoms with E-state index < -0.39 is 11.2 Å². The maximum Gasteiger partial charge on any atom is 0.332 e. The molecule has 10 heteroatoms. The van der Waals surface area contributed by atoms with Gasteiger partial charge in [0.1, 0.15) is 0 Å². The van der Waals surface area contributed by atoms with E-state index >= 15 is 0 Å². The summed E-state index contributed by atoms with van der Waals surface area (Å²) in [4.78, 5) is 49.2. The van der Waals surface area contributed by atoms with Crippen molar-refractivity contribution in [1.29, 1.82) is 0 Å². The Morgan fingerprint density at radius 1 is 1.05 bits per heavy atom. The molecule has 0 saturated carbocycles. The summed E-state index contributed by atoms with van der Waals surface area (Å²) in [6.07, 6.45) is 2.03. The Hall–Kier alpha value is -3.66. The van der Waals surface area contributed by atoms with Gasteiger partial charge in [-0.1, -0.05) is 11.6 Å². The molecule has 1 saturated heterocycles. The highest BCUT2D eigenvalue weighted by Gasteiger charge is 2.25. The maximum absolute atomic E-state index is 13.7. The molecule has 0 radical (unpaired) electrons. The summed E-state index contributed by atoms with van der Waals surface area (Å²) in [6, 6.07) is 7.31. The van der Waals surface area contributed by atoms with Crippen molar-refractivity contribution in [2.75, 3.05) is 49.1 Å². The van der Waals surface area contributed by atoms with Gasteiger partial charge in [-0.05, 0) is 52.0 Å². The summed E-state index contributed by atoms with van der Waals surface area (Å²) in [5, 5.41) is 3.33. The predicted molar refractivity (Wildman–Crippen MR) is 148 cm³/mol. The molecule has 1 aliphatic heterocycles. The van der Waals surface area contributed by atoms with Gasteiger partial charge >= 0.3 is 5.69 Å². The highest BCUT2D eigenvalue weighted by molar-refractivity contribution is 5.96. The molecule has 2 aromatic heterocycles. The molecule has 3 aromatic rings. The number of aromatic nitrogens is 4. The summed E-state index contributed by atoms with van der Waals surface area (Å²) in [7, 11) is 1.60. The molecule has 1 fully saturated rings. The SMILES string of the molecule is CCN(CC)c1ccc(C(=O)Cn2c(=O)c3c(nc(N4CCNCC4)n3CC=C(C)C)n(C)c2=O)cc1. The summed E-state index contributed by atoms with van der Waals surface area (Å²) < 4.78 is 4.28. The number of nitrogens with one attached hydrogen (secondary N) is 1. The molecule has 0 spiro atoms. The van der Waals surface area contributed by atoms with Crippen LogP contribution in [0.1, 0.15) is 38.1 Å². The van der Waals surface area contributed by atoms with Crippen LogP contribution in [-0.2, 0) is 20.1 Å². The lowest BCUT2D eigenvalue weighted by molar-refractivity contribution is 0.0969. The Balaban J connectivity index is 1.77. The third-order valence-electron chi connectivity index (χ3n) is 6.91. The summed E-state index contributed by atoms with van der Waals surface area (Å²) in [6.45, 7) is 13.2. The predicted octanol–water partition coefficient (Wildman–Crippen LogP) is 2.00. The van der Waals surface area contributed by atoms with Crippen molar-refractivity contribution >= 4 is 28.6 Å². The third kappa shape index (κ3) is 5.24. The zero-order valence-corrected chi connectivity index (χ0v) is 22.5. The molecule has 10 nitrogen and oxygen atoms in total. The lowest BCUT2D eigenvalue weighted by Crippen LogP contribution is -2.44. The number of piperazine rings is 1. The van der Waals surface area contributed by atoms with Gasteiger partial charge in [-0.2, -0.15) is 4.98 Å². The lowest BCUT2D eigenvalue weighted by Gasteiger charge is -2.28. The largest absolute Gasteiger partial charge is 0.372 e. The molecule has 0 aliphatic carbocycles. The minimum atomic E-state index is -0.552. The Bertz CT molecular complexity index is 1420. The van der Waals surface area contributed by atoms with Crippen LogP contribution in [0.4, 0.5) is 11.6 Å². The first-order valence-corrected chi connectivity index (χ1v) is 12.9. The van der Waals surface area contributed by atoms with E-state index in [0.29, 0.717) is 29.2 Å². The topological polar surface area (TPSA) is 97.4 Å². The van der Waals surface area contributed by atoms with Crippen LogP contribution in [0.3, 0.4) is 0 Å². The minimum Gasteiger partial charge on any atom is -0.372 e. The molecule has 3 heterocycles. The Morgan fingerprint density at radius 2 is 1.70 bits per heavy atom. The van der Waals surface area contributed by atoms with E-state index in [9.17, 15) is 14.4 Å². The Morgan fingerprint density at radius 3 is 2.30 bits per heavy atom. The monoisotopic (exact) mass is 507 g/mol. The van der Waals surface area contributed by atoms with Crippen LogP contribution in [0, 0.1) is 0 Å². The van der Waals surface area contributed by atoms with Crippen molar-refractivity contribution in [3.8, 4) is 0 Å². The number of carbonyl (C=O) groups is 1. The molecule has 0 unspecified atom stereocenters. The van der Waals surface area contributed by atoms with Crippen LogP contribution in [0.2, 0.25) is 0 Å². The molecule has 37 heavy (non-hydrogen) atoms. The van der Waals surface area contributed by atoms with Gasteiger partial charge in [0.15, 0.2) is 16.9 Å². The van der Waals surface area contributed by atoms with E-state index in [1.54, 1.807) is 19.2 Å². The highest BCUT2D eigenvalue weighted by atomic mass is 16.2. The van der Waals surface area contributed by atoms with Gasteiger partial charge in [0.25, 0.3) is 5.56 Å². The number of hydrogen-bond donors (Lipinski definition) is 1. The minimum absolute atomic E-state index is 0.290. The molecule has 0 bridgehead atoms. The van der Waals surface area contributed by atoms with E-state index in [-0.39, 0.29) is 12.3 Å². The number of rotatable bonds is 9. The third-order valence-corrected chi connectivity index (χ3v) is 6.91. The fourth-order valence-electron chi connectivity index (χ4n) is 4.73. The molecular formula is C27H37N7O3. The first-order chi connectivity index (χ1) is 17.8. The van der Waals surface area contributed by atoms with E-state index in [1.165, 1.54) is 4.57 Å². The van der Waals surface area contributed by atoms with Gasteiger partial charge in [-0.25, -0.2) is 4.79 Å². The van der Waals surface area contributed by atoms with Crippen LogP contribution in [0.15, 0.2) is 45.5 Å². The van der Waals surface area contributed by atoms with E-state index in [1.807, 2.05) is 36.6 Å². The van der Waals surface area contributed by atoms with E-state index in [2.05, 4.69) is 29.0 Å². The number of imidazole rings is 1. The number of nitrogens with zero attached hydrogens (tertiary/aromatic N) is 6. The molecule has 1 aromatic carbocycles. The Kier molecular flexibility index (Phi) is 7.97. The van der Waals surface area contributed by atoms with Crippen molar-refractivity contribution in [2.45, 2.75) is 40.8 Å². The van der Waals surface area contributed by atoms with Gasteiger partial charge in [-0.15, -0.1) is 0 Å². The van der Waals surface area contributed by atoms with Crippen molar-refractivity contribution in [2.24, 2.45) is 7.05 Å². The van der Waals surface area contributed by atoms with Crippen LogP contribution in [0.5, 0.6) is 0 Å². The number of anilines is 2. The second kappa shape index (κ2) is 11.2. The highest BCUT2D eigenvalue weighted by Crippen LogP contribution is 2.21. The number of hydrogen-bond acceptors (Lipinski definition) is 7. The quantitative estimate of drug-likeness (QED) is 0.350. The van der Waals surface area contributed by atoms with E-state index in [0.717, 1.165) is 55.1 Å². The average Bonchev–Trinajstić information content (AvgIpc) is 3.30. The molecule has 1 N–H and O–H groups in total. The van der Waals surface area contributed by atoms with Gasteiger partial charge in [-0.3, -0.25) is 18.7 Å². The summed E-state index contributed by atoms with van der Waals surface area (Å²) >= 11 is 0. The number of benzene rings is 1. The van der Waals surface area contributed by atoms with Crippen molar-refractivity contribution in [1.82, 2.24) is 24.0 Å². The fourth-order valence-corrected chi connectivity index (χ4v) is 4.73. The maximum atomic E-state index is 13.7. The first-order valence-electron chi connectivity index (χ1n) is 12.9. The summed E-state index contributed by atoms with van der Waals surface area (Å²) in [5.41, 5.74) is 2.22. The zero-order valence-electron chi connectivity index (χ0n) is 22.5. The molecule has 4 rings (SSSR count). The Labute approximate surface area is 216 Å². The summed E-state index contributed by atoms with van der Waals surface area (Å²) in [5.74, 6) is 0.375. The molecule has 1 aliphatic rings. The van der Waals surface area contributed by atoms with E-state index in [4.69, 9.17) is 4.98 Å². The standard InChI is InChI=1S/C27H37N7O3/c1-6-31(7-2)21-10-8-20(9-11-21)22(35)18-34-25(36)23-24(30(5)27(34)37)29-26(32-16-13-28-14-17-32)33(23)15-12-19(3)4/h8-12,28H,6-7,13-18H2,1-5H3. The van der Waals surface area contributed by atoms with Crippen LogP contribution in [0.25, 0.3) is 11.2 Å². The van der Waals surface area contributed by atoms with Crippen molar-refractivity contribution in [3.63, 3.8) is 0 Å². The van der Waals surface area contributed by atoms with Gasteiger partial charge in [0, 0.05) is 64.1 Å². The normalized spacial score (nSPS) is 13.7. The van der Waals surface area contributed by atoms with Crippen molar-refractivity contribution < 1.29 is 4.79 Å².